The Balaban J connectivity index is 2.14. The molecule has 7 nitrogen and oxygen atoms in total. The van der Waals surface area contributed by atoms with Crippen LogP contribution < -0.4 is 5.32 Å². The lowest BCUT2D eigenvalue weighted by Gasteiger charge is -2.25. The highest BCUT2D eigenvalue weighted by atomic mass is 16.4. The molecule has 0 saturated carbocycles. The second-order valence-corrected chi connectivity index (χ2v) is 5.24. The van der Waals surface area contributed by atoms with Crippen LogP contribution in [0.4, 0.5) is 0 Å². The van der Waals surface area contributed by atoms with Gasteiger partial charge >= 0.3 is 5.97 Å². The molecule has 0 radical (unpaired) electrons. The van der Waals surface area contributed by atoms with Gasteiger partial charge in [-0.25, -0.2) is 0 Å². The van der Waals surface area contributed by atoms with Gasteiger partial charge in [-0.1, -0.05) is 12.1 Å². The Kier molecular flexibility index (Phi) is 4.65. The van der Waals surface area contributed by atoms with E-state index in [9.17, 15) is 19.5 Å². The van der Waals surface area contributed by atoms with Crippen LogP contribution in [-0.2, 0) is 9.59 Å². The quantitative estimate of drug-likeness (QED) is 0.754. The molecular weight excluding hydrogens is 288 g/mol. The molecule has 118 valence electrons. The van der Waals surface area contributed by atoms with E-state index in [2.05, 4.69) is 5.32 Å². The first-order valence-electron chi connectivity index (χ1n) is 7.04. The summed E-state index contributed by atoms with van der Waals surface area (Å²) in [6.07, 6.45) is 1.12. The number of nitrogens with one attached hydrogen (secondary N) is 1. The van der Waals surface area contributed by atoms with Crippen molar-refractivity contribution < 1.29 is 24.6 Å². The number of benzene rings is 1. The molecule has 3 N–H and O–H groups in total. The van der Waals surface area contributed by atoms with Crippen LogP contribution in [0.5, 0.6) is 5.75 Å². The molecule has 1 fully saturated rings. The molecule has 1 aromatic rings. The fraction of sp³-hybridized carbons (Fsp3) is 0.400. The van der Waals surface area contributed by atoms with E-state index in [1.165, 1.54) is 24.0 Å². The minimum absolute atomic E-state index is 0.133. The largest absolute Gasteiger partial charge is 0.507 e. The number of aliphatic carboxylic acids is 1. The van der Waals surface area contributed by atoms with Crippen LogP contribution in [0.15, 0.2) is 24.3 Å². The van der Waals surface area contributed by atoms with Crippen molar-refractivity contribution in [1.29, 1.82) is 0 Å². The summed E-state index contributed by atoms with van der Waals surface area (Å²) in [5, 5.41) is 21.0. The Labute approximate surface area is 127 Å². The number of carbonyl (C=O) groups is 3. The Bertz CT molecular complexity index is 601. The number of hydrogen-bond acceptors (Lipinski definition) is 4. The van der Waals surface area contributed by atoms with Crippen molar-refractivity contribution in [1.82, 2.24) is 10.2 Å². The molecule has 2 unspecified atom stereocenters. The van der Waals surface area contributed by atoms with Crippen molar-refractivity contribution in [2.24, 2.45) is 0 Å². The number of hydrogen-bond donors (Lipinski definition) is 3. The number of carboxylic acid groups (broad SMARTS) is 1. The van der Waals surface area contributed by atoms with Gasteiger partial charge in [-0.3, -0.25) is 14.4 Å². The third-order valence-corrected chi connectivity index (χ3v) is 3.68. The minimum Gasteiger partial charge on any atom is -0.507 e. The van der Waals surface area contributed by atoms with Gasteiger partial charge in [-0.15, -0.1) is 0 Å². The topological polar surface area (TPSA) is 107 Å². The first kappa shape index (κ1) is 15.8. The third kappa shape index (κ3) is 3.19. The first-order valence-corrected chi connectivity index (χ1v) is 7.04. The molecule has 1 saturated heterocycles. The predicted molar refractivity (Wildman–Crippen MR) is 77.4 cm³/mol. The highest BCUT2D eigenvalue weighted by Crippen LogP contribution is 2.24. The Hall–Kier alpha value is -2.57. The molecule has 0 aromatic heterocycles. The van der Waals surface area contributed by atoms with Crippen molar-refractivity contribution in [3.05, 3.63) is 29.8 Å². The van der Waals surface area contributed by atoms with Crippen LogP contribution in [0.2, 0.25) is 0 Å². The highest BCUT2D eigenvalue weighted by Gasteiger charge is 2.36. The SMILES string of the molecule is CC(NC(=O)C1CCCN1C(=O)c1ccccc1O)C(=O)O. The van der Waals surface area contributed by atoms with Crippen molar-refractivity contribution in [3.63, 3.8) is 0 Å². The summed E-state index contributed by atoms with van der Waals surface area (Å²) in [6.45, 7) is 1.76. The zero-order chi connectivity index (χ0) is 16.3. The third-order valence-electron chi connectivity index (χ3n) is 3.68. The standard InChI is InChI=1S/C15H18N2O5/c1-9(15(21)22)16-13(19)11-6-4-8-17(11)14(20)10-5-2-3-7-12(10)18/h2-3,5,7,9,11,18H,4,6,8H2,1H3,(H,16,19)(H,21,22). The highest BCUT2D eigenvalue weighted by molar-refractivity contribution is 6.00. The molecule has 1 aliphatic rings. The average molecular weight is 306 g/mol. The Morgan fingerprint density at radius 1 is 1.32 bits per heavy atom. The number of likely N-dealkylation sites (tertiary alicyclic amines) is 1. The summed E-state index contributed by atoms with van der Waals surface area (Å²) in [7, 11) is 0. The van der Waals surface area contributed by atoms with Gasteiger partial charge in [0.1, 0.15) is 17.8 Å². The molecule has 7 heteroatoms. The number of carbonyl (C=O) groups excluding carboxylic acids is 2. The number of phenols is 1. The molecule has 1 aromatic carbocycles. The molecule has 1 aliphatic heterocycles. The van der Waals surface area contributed by atoms with Crippen LogP contribution in [-0.4, -0.2) is 51.5 Å². The number of phenolic OH excluding ortho intramolecular Hbond substituents is 1. The molecule has 0 bridgehead atoms. The Morgan fingerprint density at radius 3 is 2.64 bits per heavy atom. The zero-order valence-electron chi connectivity index (χ0n) is 12.2. The number of nitrogens with zero attached hydrogens (tertiary/aromatic N) is 1. The molecule has 1 heterocycles. The zero-order valence-corrected chi connectivity index (χ0v) is 12.2. The fourth-order valence-corrected chi connectivity index (χ4v) is 2.46. The van der Waals surface area contributed by atoms with Crippen LogP contribution >= 0.6 is 0 Å². The summed E-state index contributed by atoms with van der Waals surface area (Å²) in [4.78, 5) is 36.8. The summed E-state index contributed by atoms with van der Waals surface area (Å²) in [5.74, 6) is -2.20. The molecule has 0 spiro atoms. The van der Waals surface area contributed by atoms with Gasteiger partial charge in [0.2, 0.25) is 5.91 Å². The lowest BCUT2D eigenvalue weighted by atomic mass is 10.1. The van der Waals surface area contributed by atoms with E-state index in [1.54, 1.807) is 12.1 Å². The van der Waals surface area contributed by atoms with E-state index in [0.717, 1.165) is 0 Å². The molecular formula is C15H18N2O5. The number of amides is 2. The van der Waals surface area contributed by atoms with Crippen LogP contribution in [0.25, 0.3) is 0 Å². The second kappa shape index (κ2) is 6.46. The molecule has 2 atom stereocenters. The Morgan fingerprint density at radius 2 is 2.00 bits per heavy atom. The van der Waals surface area contributed by atoms with Gasteiger partial charge in [-0.05, 0) is 31.9 Å². The van der Waals surface area contributed by atoms with Gasteiger partial charge in [0.15, 0.2) is 0 Å². The lowest BCUT2D eigenvalue weighted by Crippen LogP contribution is -2.50. The summed E-state index contributed by atoms with van der Waals surface area (Å²) >= 11 is 0. The van der Waals surface area contributed by atoms with Crippen LogP contribution in [0.1, 0.15) is 30.1 Å². The van der Waals surface area contributed by atoms with Gasteiger partial charge in [-0.2, -0.15) is 0 Å². The van der Waals surface area contributed by atoms with E-state index >= 15 is 0 Å². The molecule has 22 heavy (non-hydrogen) atoms. The average Bonchev–Trinajstić information content (AvgIpc) is 2.96. The summed E-state index contributed by atoms with van der Waals surface area (Å²) in [6, 6.07) is 4.40. The number of para-hydroxylation sites is 1. The van der Waals surface area contributed by atoms with Crippen molar-refractivity contribution in [2.45, 2.75) is 31.8 Å². The fourth-order valence-electron chi connectivity index (χ4n) is 2.46. The van der Waals surface area contributed by atoms with Crippen LogP contribution in [0, 0.1) is 0 Å². The maximum Gasteiger partial charge on any atom is 0.325 e. The van der Waals surface area contributed by atoms with Gasteiger partial charge < -0.3 is 20.4 Å². The number of carboxylic acids is 1. The van der Waals surface area contributed by atoms with E-state index in [0.29, 0.717) is 19.4 Å². The minimum atomic E-state index is -1.13. The second-order valence-electron chi connectivity index (χ2n) is 5.24. The van der Waals surface area contributed by atoms with Gasteiger partial charge in [0.05, 0.1) is 5.56 Å². The van der Waals surface area contributed by atoms with E-state index in [-0.39, 0.29) is 11.3 Å². The van der Waals surface area contributed by atoms with Crippen molar-refractivity contribution in [3.8, 4) is 5.75 Å². The normalized spacial score (nSPS) is 18.8. The number of rotatable bonds is 4. The maximum atomic E-state index is 12.5. The predicted octanol–water partition coefficient (Wildman–Crippen LogP) is 0.586. The van der Waals surface area contributed by atoms with Crippen molar-refractivity contribution in [2.75, 3.05) is 6.54 Å². The van der Waals surface area contributed by atoms with E-state index < -0.39 is 29.9 Å². The lowest BCUT2D eigenvalue weighted by molar-refractivity contribution is -0.141. The number of aromatic hydroxyl groups is 1. The summed E-state index contributed by atoms with van der Waals surface area (Å²) in [5.41, 5.74) is 0.133. The van der Waals surface area contributed by atoms with E-state index in [4.69, 9.17) is 5.11 Å². The molecule has 2 amide bonds. The van der Waals surface area contributed by atoms with Crippen LogP contribution in [0.3, 0.4) is 0 Å². The maximum absolute atomic E-state index is 12.5. The smallest absolute Gasteiger partial charge is 0.325 e. The first-order chi connectivity index (χ1) is 10.4. The monoisotopic (exact) mass is 306 g/mol. The summed E-state index contributed by atoms with van der Waals surface area (Å²) < 4.78 is 0. The van der Waals surface area contributed by atoms with E-state index in [1.807, 2.05) is 0 Å². The molecule has 2 rings (SSSR count). The van der Waals surface area contributed by atoms with Crippen molar-refractivity contribution >= 4 is 17.8 Å². The van der Waals surface area contributed by atoms with Gasteiger partial charge in [0, 0.05) is 6.54 Å². The molecule has 0 aliphatic carbocycles. The van der Waals surface area contributed by atoms with Gasteiger partial charge in [0.25, 0.3) is 5.91 Å².